The number of aromatic hydroxyl groups is 1. The van der Waals surface area contributed by atoms with Crippen molar-refractivity contribution in [3.8, 4) is 23.0 Å². The molecule has 10 nitrogen and oxygen atoms in total. The molecule has 0 saturated carbocycles. The molecule has 162 valence electrons. The number of aliphatic hydroxyl groups is 4. The molecular formula is C20H22O10. The molecule has 3 aromatic rings. The number of ether oxygens (including phenoxy) is 4. The smallest absolute Gasteiger partial charge is 0.229 e. The first-order chi connectivity index (χ1) is 14.4. The van der Waals surface area contributed by atoms with Gasteiger partial charge in [0.1, 0.15) is 24.4 Å². The van der Waals surface area contributed by atoms with Crippen molar-refractivity contribution in [3.63, 3.8) is 0 Å². The number of aliphatic hydroxyl groups excluding tert-OH is 4. The fourth-order valence-electron chi connectivity index (χ4n) is 3.57. The number of hydrogen-bond donors (Lipinski definition) is 5. The summed E-state index contributed by atoms with van der Waals surface area (Å²) in [6, 6.07) is 6.60. The minimum absolute atomic E-state index is 0.0827. The first-order valence-electron chi connectivity index (χ1n) is 9.17. The summed E-state index contributed by atoms with van der Waals surface area (Å²) < 4.78 is 27.5. The fraction of sp³-hybridized carbons (Fsp3) is 0.400. The third-order valence-electron chi connectivity index (χ3n) is 5.16. The van der Waals surface area contributed by atoms with Crippen molar-refractivity contribution in [3.05, 3.63) is 24.3 Å². The van der Waals surface area contributed by atoms with Gasteiger partial charge in [-0.25, -0.2) is 0 Å². The minimum atomic E-state index is -1.57. The van der Waals surface area contributed by atoms with Gasteiger partial charge in [-0.3, -0.25) is 0 Å². The van der Waals surface area contributed by atoms with Gasteiger partial charge in [0.25, 0.3) is 0 Å². The van der Waals surface area contributed by atoms with Gasteiger partial charge in [-0.15, -0.1) is 0 Å². The van der Waals surface area contributed by atoms with E-state index in [2.05, 4.69) is 0 Å². The van der Waals surface area contributed by atoms with Crippen LogP contribution in [0.3, 0.4) is 0 Å². The first kappa shape index (κ1) is 20.5. The van der Waals surface area contributed by atoms with Gasteiger partial charge in [-0.1, -0.05) is 12.1 Å². The van der Waals surface area contributed by atoms with E-state index in [-0.39, 0.29) is 34.2 Å². The van der Waals surface area contributed by atoms with Crippen LogP contribution in [0.1, 0.15) is 0 Å². The number of furan rings is 1. The van der Waals surface area contributed by atoms with Gasteiger partial charge in [0.2, 0.25) is 17.8 Å². The molecule has 10 heteroatoms. The van der Waals surface area contributed by atoms with Crippen LogP contribution in [0.25, 0.3) is 21.9 Å². The van der Waals surface area contributed by atoms with E-state index in [4.69, 9.17) is 23.4 Å². The van der Waals surface area contributed by atoms with Crippen molar-refractivity contribution in [1.29, 1.82) is 0 Å². The molecule has 2 aromatic carbocycles. The van der Waals surface area contributed by atoms with E-state index in [9.17, 15) is 25.5 Å². The summed E-state index contributed by atoms with van der Waals surface area (Å²) in [7, 11) is 2.79. The van der Waals surface area contributed by atoms with Crippen molar-refractivity contribution < 1.29 is 48.9 Å². The standard InChI is InChI=1S/C20H22O10/c1-26-11-6-9-8-4-3-5-10(17(8)30-18(9)19(27-2)14(11)23)28-20-16(25)15(24)13(22)12(7-21)29-20/h3-6,12-13,15-16,20-25H,7H2,1-2H3/t12-,13-,15+,16-,20+/m1/s1. The quantitative estimate of drug-likeness (QED) is 0.393. The van der Waals surface area contributed by atoms with E-state index in [1.165, 1.54) is 14.2 Å². The Kier molecular flexibility index (Phi) is 5.35. The number of phenolic OH excluding ortho intramolecular Hbond substituents is 1. The molecule has 0 spiro atoms. The number of fused-ring (bicyclic) bond motifs is 3. The van der Waals surface area contributed by atoms with Crippen molar-refractivity contribution >= 4 is 21.9 Å². The molecule has 4 rings (SSSR count). The van der Waals surface area contributed by atoms with Crippen molar-refractivity contribution in [2.75, 3.05) is 20.8 Å². The van der Waals surface area contributed by atoms with Gasteiger partial charge in [0.05, 0.1) is 20.8 Å². The summed E-state index contributed by atoms with van der Waals surface area (Å²) in [6.07, 6.45) is -7.11. The highest BCUT2D eigenvalue weighted by Crippen LogP contribution is 2.47. The van der Waals surface area contributed by atoms with E-state index < -0.39 is 37.3 Å². The lowest BCUT2D eigenvalue weighted by atomic mass is 9.99. The average Bonchev–Trinajstić information content (AvgIpc) is 3.12. The molecule has 5 atom stereocenters. The highest BCUT2D eigenvalue weighted by molar-refractivity contribution is 6.10. The molecule has 2 heterocycles. The van der Waals surface area contributed by atoms with E-state index >= 15 is 0 Å². The molecule has 0 aliphatic carbocycles. The summed E-state index contributed by atoms with van der Waals surface area (Å²) in [5, 5.41) is 51.0. The Balaban J connectivity index is 1.80. The summed E-state index contributed by atoms with van der Waals surface area (Å²) >= 11 is 0. The Morgan fingerprint density at radius 1 is 0.933 bits per heavy atom. The van der Waals surface area contributed by atoms with Gasteiger partial charge in [-0.2, -0.15) is 0 Å². The number of hydrogen-bond acceptors (Lipinski definition) is 10. The molecule has 1 aliphatic heterocycles. The van der Waals surface area contributed by atoms with Crippen LogP contribution >= 0.6 is 0 Å². The zero-order chi connectivity index (χ0) is 21.6. The van der Waals surface area contributed by atoms with Crippen LogP contribution in [0.4, 0.5) is 0 Å². The highest BCUT2D eigenvalue weighted by Gasteiger charge is 2.45. The van der Waals surface area contributed by atoms with Crippen LogP contribution in [-0.2, 0) is 4.74 Å². The third kappa shape index (κ3) is 3.09. The van der Waals surface area contributed by atoms with Gasteiger partial charge in [0.15, 0.2) is 22.7 Å². The minimum Gasteiger partial charge on any atom is -0.502 e. The van der Waals surface area contributed by atoms with E-state index in [0.29, 0.717) is 10.8 Å². The second kappa shape index (κ2) is 7.82. The van der Waals surface area contributed by atoms with Gasteiger partial charge in [-0.05, 0) is 12.1 Å². The molecule has 30 heavy (non-hydrogen) atoms. The normalized spacial score (nSPS) is 26.8. The van der Waals surface area contributed by atoms with Crippen molar-refractivity contribution in [2.45, 2.75) is 30.7 Å². The van der Waals surface area contributed by atoms with Crippen LogP contribution in [0.5, 0.6) is 23.0 Å². The Labute approximate surface area is 170 Å². The molecule has 1 fully saturated rings. The second-order valence-electron chi connectivity index (χ2n) is 6.89. The summed E-state index contributed by atoms with van der Waals surface area (Å²) in [5.74, 6) is 0.234. The fourth-order valence-corrected chi connectivity index (χ4v) is 3.57. The van der Waals surface area contributed by atoms with Crippen LogP contribution < -0.4 is 14.2 Å². The van der Waals surface area contributed by atoms with E-state index in [0.717, 1.165) is 0 Å². The molecule has 0 bridgehead atoms. The second-order valence-corrected chi connectivity index (χ2v) is 6.89. The van der Waals surface area contributed by atoms with E-state index in [1.54, 1.807) is 24.3 Å². The van der Waals surface area contributed by atoms with Gasteiger partial charge >= 0.3 is 0 Å². The lowest BCUT2D eigenvalue weighted by Gasteiger charge is -2.39. The Bertz CT molecular complexity index is 1060. The van der Waals surface area contributed by atoms with Crippen LogP contribution in [0.15, 0.2) is 28.7 Å². The van der Waals surface area contributed by atoms with Crippen LogP contribution in [0.2, 0.25) is 0 Å². The lowest BCUT2D eigenvalue weighted by molar-refractivity contribution is -0.277. The Morgan fingerprint density at radius 3 is 2.37 bits per heavy atom. The zero-order valence-electron chi connectivity index (χ0n) is 16.2. The largest absolute Gasteiger partial charge is 0.502 e. The highest BCUT2D eigenvalue weighted by atomic mass is 16.7. The topological polar surface area (TPSA) is 151 Å². The lowest BCUT2D eigenvalue weighted by Crippen LogP contribution is -2.60. The first-order valence-corrected chi connectivity index (χ1v) is 9.17. The molecule has 5 N–H and O–H groups in total. The van der Waals surface area contributed by atoms with Crippen LogP contribution in [0, 0.1) is 0 Å². The predicted octanol–water partition coefficient (Wildman–Crippen LogP) is 0.487. The SMILES string of the molecule is COc1cc2c(oc3c(O[C@H]4O[C@H](CO)[C@@H](O)[C@H](O)[C@H]4O)cccc32)c(OC)c1O. The molecule has 1 aliphatic rings. The summed E-state index contributed by atoms with van der Waals surface area (Å²) in [4.78, 5) is 0. The monoisotopic (exact) mass is 422 g/mol. The molecule has 0 amide bonds. The predicted molar refractivity (Wildman–Crippen MR) is 103 cm³/mol. The van der Waals surface area contributed by atoms with Crippen molar-refractivity contribution in [1.82, 2.24) is 0 Å². The number of benzene rings is 2. The zero-order valence-corrected chi connectivity index (χ0v) is 16.2. The number of methoxy groups -OCH3 is 2. The maximum atomic E-state index is 10.3. The maximum absolute atomic E-state index is 10.3. The molecule has 1 aromatic heterocycles. The number of phenols is 1. The Morgan fingerprint density at radius 2 is 1.70 bits per heavy atom. The van der Waals surface area contributed by atoms with E-state index in [1.807, 2.05) is 0 Å². The molecule has 1 saturated heterocycles. The number of rotatable bonds is 5. The molecular weight excluding hydrogens is 400 g/mol. The van der Waals surface area contributed by atoms with Crippen LogP contribution in [-0.4, -0.2) is 77.1 Å². The van der Waals surface area contributed by atoms with Gasteiger partial charge in [0, 0.05) is 10.8 Å². The summed E-state index contributed by atoms with van der Waals surface area (Å²) in [6.45, 7) is -0.573. The molecule has 0 unspecified atom stereocenters. The number of para-hydroxylation sites is 1. The van der Waals surface area contributed by atoms with Crippen molar-refractivity contribution in [2.24, 2.45) is 0 Å². The van der Waals surface area contributed by atoms with Gasteiger partial charge < -0.3 is 48.9 Å². The average molecular weight is 422 g/mol. The molecule has 0 radical (unpaired) electrons. The Hall–Kier alpha value is -2.76. The maximum Gasteiger partial charge on any atom is 0.229 e. The third-order valence-corrected chi connectivity index (χ3v) is 5.16. The summed E-state index contributed by atoms with van der Waals surface area (Å²) in [5.41, 5.74) is 0.533.